The number of anilines is 1. The molecule has 8 nitrogen and oxygen atoms in total. The van der Waals surface area contributed by atoms with Gasteiger partial charge in [-0.3, -0.25) is 19.3 Å². The first-order valence-electron chi connectivity index (χ1n) is 9.29. The highest BCUT2D eigenvalue weighted by molar-refractivity contribution is 6.01. The molecule has 1 fully saturated rings. The number of hydrogen-bond acceptors (Lipinski definition) is 5. The van der Waals surface area contributed by atoms with Crippen LogP contribution in [-0.4, -0.2) is 57.2 Å². The molecule has 2 aromatic heterocycles. The number of aryl methyl sites for hydroxylation is 3. The Kier molecular flexibility index (Phi) is 5.85. The maximum atomic E-state index is 13.1. The molecule has 1 atom stereocenters. The van der Waals surface area contributed by atoms with Crippen LogP contribution in [0.3, 0.4) is 0 Å². The maximum Gasteiger partial charge on any atom is 0.258 e. The van der Waals surface area contributed by atoms with E-state index >= 15 is 0 Å². The fourth-order valence-electron chi connectivity index (χ4n) is 3.18. The molecule has 0 radical (unpaired) electrons. The van der Waals surface area contributed by atoms with E-state index in [-0.39, 0.29) is 11.8 Å². The van der Waals surface area contributed by atoms with Crippen molar-refractivity contribution >= 4 is 17.5 Å². The first kappa shape index (κ1) is 19.0. The summed E-state index contributed by atoms with van der Waals surface area (Å²) in [6.07, 6.45) is 4.34. The predicted octanol–water partition coefficient (Wildman–Crippen LogP) is 1.36. The summed E-state index contributed by atoms with van der Waals surface area (Å²) < 4.78 is 1.79. The Morgan fingerprint density at radius 2 is 2.15 bits per heavy atom. The number of nitrogens with one attached hydrogen (secondary N) is 2. The van der Waals surface area contributed by atoms with Crippen molar-refractivity contribution < 1.29 is 9.59 Å². The summed E-state index contributed by atoms with van der Waals surface area (Å²) in [5.41, 5.74) is 2.74. The number of hydrogen-bond donors (Lipinski definition) is 2. The van der Waals surface area contributed by atoms with Crippen molar-refractivity contribution in [3.8, 4) is 0 Å². The summed E-state index contributed by atoms with van der Waals surface area (Å²) >= 11 is 0. The molecule has 1 aliphatic heterocycles. The third kappa shape index (κ3) is 4.33. The number of piperazine rings is 1. The number of carbonyl (C=O) groups excluding carboxylic acids is 2. The van der Waals surface area contributed by atoms with E-state index in [1.54, 1.807) is 22.0 Å². The molecule has 3 rings (SSSR count). The summed E-state index contributed by atoms with van der Waals surface area (Å²) in [4.78, 5) is 31.7. The van der Waals surface area contributed by atoms with Gasteiger partial charge in [-0.1, -0.05) is 6.92 Å². The predicted molar refractivity (Wildman–Crippen MR) is 103 cm³/mol. The van der Waals surface area contributed by atoms with Gasteiger partial charge in [-0.2, -0.15) is 5.10 Å². The number of pyridine rings is 1. The van der Waals surface area contributed by atoms with Gasteiger partial charge in [0.25, 0.3) is 5.91 Å². The lowest BCUT2D eigenvalue weighted by Gasteiger charge is -2.35. The lowest BCUT2D eigenvalue weighted by atomic mass is 10.1. The summed E-state index contributed by atoms with van der Waals surface area (Å²) in [5, 5.41) is 10.5. The average molecular weight is 370 g/mol. The summed E-state index contributed by atoms with van der Waals surface area (Å²) in [7, 11) is 0. The minimum atomic E-state index is -0.582. The first-order chi connectivity index (χ1) is 13.0. The molecule has 1 unspecified atom stereocenters. The Morgan fingerprint density at radius 1 is 1.33 bits per heavy atom. The zero-order valence-corrected chi connectivity index (χ0v) is 16.0. The van der Waals surface area contributed by atoms with Crippen LogP contribution in [0, 0.1) is 13.8 Å². The molecular formula is C19H26N6O2. The highest BCUT2D eigenvalue weighted by Crippen LogP contribution is 2.16. The normalized spacial score (nSPS) is 17.0. The van der Waals surface area contributed by atoms with Crippen molar-refractivity contribution in [3.05, 3.63) is 41.5 Å². The molecule has 1 saturated heterocycles. The van der Waals surface area contributed by atoms with Gasteiger partial charge in [0.1, 0.15) is 6.04 Å². The van der Waals surface area contributed by atoms with E-state index in [1.807, 2.05) is 26.0 Å². The zero-order valence-electron chi connectivity index (χ0n) is 16.0. The van der Waals surface area contributed by atoms with Gasteiger partial charge in [0.05, 0.1) is 23.1 Å². The Morgan fingerprint density at radius 3 is 2.85 bits per heavy atom. The fraction of sp³-hybridized carbons (Fsp3) is 0.474. The van der Waals surface area contributed by atoms with E-state index in [9.17, 15) is 9.59 Å². The lowest BCUT2D eigenvalue weighted by Crippen LogP contribution is -2.58. The Balaban J connectivity index is 1.77. The van der Waals surface area contributed by atoms with E-state index < -0.39 is 6.04 Å². The van der Waals surface area contributed by atoms with E-state index in [4.69, 9.17) is 0 Å². The van der Waals surface area contributed by atoms with Crippen molar-refractivity contribution in [2.45, 2.75) is 39.8 Å². The zero-order chi connectivity index (χ0) is 19.4. The Hall–Kier alpha value is -2.74. The molecule has 27 heavy (non-hydrogen) atoms. The van der Waals surface area contributed by atoms with Gasteiger partial charge >= 0.3 is 0 Å². The minimum absolute atomic E-state index is 0.154. The first-order valence-corrected chi connectivity index (χ1v) is 9.29. The van der Waals surface area contributed by atoms with Crippen molar-refractivity contribution in [1.29, 1.82) is 0 Å². The van der Waals surface area contributed by atoms with Crippen LogP contribution >= 0.6 is 0 Å². The second kappa shape index (κ2) is 8.30. The van der Waals surface area contributed by atoms with Crippen LogP contribution in [0.4, 0.5) is 5.69 Å². The molecule has 3 heterocycles. The monoisotopic (exact) mass is 370 g/mol. The highest BCUT2D eigenvalue weighted by atomic mass is 16.2. The largest absolute Gasteiger partial charge is 0.324 e. The van der Waals surface area contributed by atoms with Gasteiger partial charge in [0, 0.05) is 38.1 Å². The van der Waals surface area contributed by atoms with Crippen molar-refractivity contribution in [2.24, 2.45) is 0 Å². The molecule has 0 aliphatic carbocycles. The van der Waals surface area contributed by atoms with Gasteiger partial charge < -0.3 is 15.5 Å². The van der Waals surface area contributed by atoms with E-state index in [0.717, 1.165) is 18.7 Å². The third-order valence-corrected chi connectivity index (χ3v) is 4.62. The minimum Gasteiger partial charge on any atom is -0.324 e. The Bertz CT molecular complexity index is 814. The number of carbonyl (C=O) groups is 2. The molecule has 0 aromatic carbocycles. The van der Waals surface area contributed by atoms with Gasteiger partial charge in [-0.05, 0) is 32.4 Å². The summed E-state index contributed by atoms with van der Waals surface area (Å²) in [6.45, 7) is 8.09. The topological polar surface area (TPSA) is 92.2 Å². The van der Waals surface area contributed by atoms with Gasteiger partial charge in [-0.25, -0.2) is 0 Å². The molecular weight excluding hydrogens is 344 g/mol. The number of nitrogens with zero attached hydrogens (tertiary/aromatic N) is 4. The molecule has 0 bridgehead atoms. The van der Waals surface area contributed by atoms with Crippen LogP contribution in [0.5, 0.6) is 0 Å². The van der Waals surface area contributed by atoms with E-state index in [1.165, 1.54) is 0 Å². The number of aromatic nitrogens is 3. The average Bonchev–Trinajstić information content (AvgIpc) is 3.03. The number of rotatable bonds is 5. The summed E-state index contributed by atoms with van der Waals surface area (Å²) in [5.74, 6) is -0.377. The lowest BCUT2D eigenvalue weighted by molar-refractivity contribution is -0.121. The molecule has 2 N–H and O–H groups in total. The maximum absolute atomic E-state index is 13.1. The molecule has 144 valence electrons. The number of amides is 2. The van der Waals surface area contributed by atoms with Crippen LogP contribution < -0.4 is 10.6 Å². The summed E-state index contributed by atoms with van der Waals surface area (Å²) in [6, 6.07) is 3.06. The molecule has 0 saturated carbocycles. The smallest absolute Gasteiger partial charge is 0.258 e. The third-order valence-electron chi connectivity index (χ3n) is 4.62. The SMILES string of the molecule is CCCn1cc(C(=O)N2CCNCC2C(=O)Nc2ccc(C)nc2)c(C)n1. The van der Waals surface area contributed by atoms with E-state index in [0.29, 0.717) is 36.6 Å². The highest BCUT2D eigenvalue weighted by Gasteiger charge is 2.34. The van der Waals surface area contributed by atoms with Crippen molar-refractivity contribution in [3.63, 3.8) is 0 Å². The van der Waals surface area contributed by atoms with Crippen LogP contribution in [0.2, 0.25) is 0 Å². The van der Waals surface area contributed by atoms with Crippen LogP contribution in [0.25, 0.3) is 0 Å². The molecule has 1 aliphatic rings. The van der Waals surface area contributed by atoms with Gasteiger partial charge in [0.15, 0.2) is 0 Å². The van der Waals surface area contributed by atoms with Gasteiger partial charge in [0.2, 0.25) is 5.91 Å². The standard InChI is InChI=1S/C19H26N6O2/c1-4-8-24-12-16(14(3)23-24)19(27)25-9-7-20-11-17(25)18(26)22-15-6-5-13(2)21-10-15/h5-6,10,12,17,20H,4,7-9,11H2,1-3H3,(H,22,26). The quantitative estimate of drug-likeness (QED) is 0.829. The Labute approximate surface area is 159 Å². The molecule has 8 heteroatoms. The second-order valence-electron chi connectivity index (χ2n) is 6.79. The fourth-order valence-corrected chi connectivity index (χ4v) is 3.18. The van der Waals surface area contributed by atoms with Crippen LogP contribution in [-0.2, 0) is 11.3 Å². The van der Waals surface area contributed by atoms with E-state index in [2.05, 4.69) is 27.6 Å². The van der Waals surface area contributed by atoms with Crippen molar-refractivity contribution in [1.82, 2.24) is 25.0 Å². The molecule has 2 amide bonds. The molecule has 0 spiro atoms. The van der Waals surface area contributed by atoms with Gasteiger partial charge in [-0.15, -0.1) is 0 Å². The van der Waals surface area contributed by atoms with Crippen LogP contribution in [0.15, 0.2) is 24.5 Å². The molecule has 2 aromatic rings. The van der Waals surface area contributed by atoms with Crippen molar-refractivity contribution in [2.75, 3.05) is 25.0 Å². The second-order valence-corrected chi connectivity index (χ2v) is 6.79. The van der Waals surface area contributed by atoms with Crippen LogP contribution in [0.1, 0.15) is 35.1 Å².